The average Bonchev–Trinajstić information content (AvgIpc) is 2.05. The van der Waals surface area contributed by atoms with Crippen LogP contribution in [0.2, 0.25) is 0 Å². The van der Waals surface area contributed by atoms with Crippen LogP contribution >= 0.6 is 0 Å². The van der Waals surface area contributed by atoms with E-state index in [4.69, 9.17) is 0 Å². The Labute approximate surface area is 77.7 Å². The summed E-state index contributed by atoms with van der Waals surface area (Å²) in [6, 6.07) is 8.63. The number of rotatable bonds is 0. The Kier molecular flexibility index (Phi) is 3.13. The zero-order chi connectivity index (χ0) is 6.81. The molecule has 1 radical (unpaired) electrons. The monoisotopic (exact) mass is 196 g/mol. The second-order valence-corrected chi connectivity index (χ2v) is 2.70. The van der Waals surface area contributed by atoms with E-state index in [1.54, 1.807) is 0 Å². The fourth-order valence-electron chi connectivity index (χ4n) is 1.42. The second-order valence-electron chi connectivity index (χ2n) is 2.70. The molecule has 0 fully saturated rings. The molecule has 1 aromatic carbocycles. The predicted molar refractivity (Wildman–Crippen MR) is 41.9 cm³/mol. The zero-order valence-corrected chi connectivity index (χ0v) is 7.17. The maximum Gasteiger partial charge on any atom is 0.0208 e. The molecule has 11 heavy (non-hydrogen) atoms. The third-order valence-corrected chi connectivity index (χ3v) is 2.00. The Hall–Kier alpha value is -0.301. The second kappa shape index (κ2) is 3.91. The van der Waals surface area contributed by atoms with E-state index in [0.717, 1.165) is 13.1 Å². The molecule has 0 atom stereocenters. The normalized spacial score (nSPS) is 14.9. The van der Waals surface area contributed by atoms with Gasteiger partial charge in [-0.05, 0) is 24.1 Å². The van der Waals surface area contributed by atoms with Gasteiger partial charge in [0.25, 0.3) is 0 Å². The molecule has 1 nitrogen and oxygen atoms in total. The van der Waals surface area contributed by atoms with Crippen molar-refractivity contribution in [1.29, 1.82) is 0 Å². The summed E-state index contributed by atoms with van der Waals surface area (Å²) < 4.78 is 0. The largest absolute Gasteiger partial charge is 0.312 e. The quantitative estimate of drug-likeness (QED) is 0.618. The molecule has 2 rings (SSSR count). The molecule has 0 saturated heterocycles. The van der Waals surface area contributed by atoms with Crippen LogP contribution < -0.4 is 5.32 Å². The summed E-state index contributed by atoms with van der Waals surface area (Å²) in [6.07, 6.45) is 1.19. The molecule has 0 unspecified atom stereocenters. The van der Waals surface area contributed by atoms with Gasteiger partial charge in [-0.2, -0.15) is 0 Å². The molecule has 0 spiro atoms. The van der Waals surface area contributed by atoms with Crippen molar-refractivity contribution in [3.05, 3.63) is 35.4 Å². The van der Waals surface area contributed by atoms with E-state index in [0.29, 0.717) is 0 Å². The third kappa shape index (κ3) is 1.84. The van der Waals surface area contributed by atoms with Gasteiger partial charge in [0.15, 0.2) is 0 Å². The third-order valence-electron chi connectivity index (χ3n) is 2.00. The standard InChI is InChI=1S/C9H11N.Cu/c1-2-4-9-7-10-6-5-8(9)3-1;/h1-4,10H,5-7H2;. The predicted octanol–water partition coefficient (Wildman–Crippen LogP) is 1.33. The molecule has 0 amide bonds. The Balaban J connectivity index is 0.000000605. The van der Waals surface area contributed by atoms with Crippen molar-refractivity contribution >= 4 is 0 Å². The molecule has 0 aromatic heterocycles. The molecule has 0 aliphatic carbocycles. The minimum atomic E-state index is 0. The van der Waals surface area contributed by atoms with Crippen LogP contribution in [-0.2, 0) is 30.0 Å². The van der Waals surface area contributed by atoms with E-state index in [1.807, 2.05) is 0 Å². The van der Waals surface area contributed by atoms with Crippen LogP contribution in [0.4, 0.5) is 0 Å². The van der Waals surface area contributed by atoms with E-state index in [9.17, 15) is 0 Å². The summed E-state index contributed by atoms with van der Waals surface area (Å²) >= 11 is 0. The molecule has 1 N–H and O–H groups in total. The van der Waals surface area contributed by atoms with Crippen molar-refractivity contribution in [2.45, 2.75) is 13.0 Å². The fourth-order valence-corrected chi connectivity index (χ4v) is 1.42. The van der Waals surface area contributed by atoms with Crippen LogP contribution in [0.5, 0.6) is 0 Å². The van der Waals surface area contributed by atoms with Gasteiger partial charge in [0.2, 0.25) is 0 Å². The van der Waals surface area contributed by atoms with Crippen molar-refractivity contribution in [3.8, 4) is 0 Å². The first-order valence-electron chi connectivity index (χ1n) is 3.74. The van der Waals surface area contributed by atoms with Crippen molar-refractivity contribution in [3.63, 3.8) is 0 Å². The van der Waals surface area contributed by atoms with Crippen LogP contribution in [0.1, 0.15) is 11.1 Å². The SMILES string of the molecule is [Cu].c1ccc2c(c1)CCNC2. The smallest absolute Gasteiger partial charge is 0.0208 e. The van der Waals surface area contributed by atoms with Gasteiger partial charge >= 0.3 is 0 Å². The van der Waals surface area contributed by atoms with Crippen LogP contribution in [0.3, 0.4) is 0 Å². The molecular weight excluding hydrogens is 186 g/mol. The van der Waals surface area contributed by atoms with E-state index >= 15 is 0 Å². The fraction of sp³-hybridized carbons (Fsp3) is 0.333. The summed E-state index contributed by atoms with van der Waals surface area (Å²) in [6.45, 7) is 2.19. The van der Waals surface area contributed by atoms with Gasteiger partial charge in [0.1, 0.15) is 0 Å². The molecule has 0 bridgehead atoms. The van der Waals surface area contributed by atoms with Crippen molar-refractivity contribution in [2.24, 2.45) is 0 Å². The first-order chi connectivity index (χ1) is 4.97. The molecule has 63 valence electrons. The number of hydrogen-bond donors (Lipinski definition) is 1. The minimum absolute atomic E-state index is 0. The molecule has 1 aliphatic rings. The summed E-state index contributed by atoms with van der Waals surface area (Å²) in [5.41, 5.74) is 2.98. The molecule has 0 saturated carbocycles. The van der Waals surface area contributed by atoms with Crippen LogP contribution in [-0.4, -0.2) is 6.54 Å². The van der Waals surface area contributed by atoms with Crippen LogP contribution in [0.15, 0.2) is 24.3 Å². The van der Waals surface area contributed by atoms with E-state index < -0.39 is 0 Å². The topological polar surface area (TPSA) is 12.0 Å². The van der Waals surface area contributed by atoms with Crippen molar-refractivity contribution in [2.75, 3.05) is 6.54 Å². The summed E-state index contributed by atoms with van der Waals surface area (Å²) in [5, 5.41) is 3.34. The summed E-state index contributed by atoms with van der Waals surface area (Å²) in [5.74, 6) is 0. The van der Waals surface area contributed by atoms with E-state index in [1.165, 1.54) is 17.5 Å². The Morgan fingerprint density at radius 2 is 1.82 bits per heavy atom. The molecule has 1 heterocycles. The number of fused-ring (bicyclic) bond motifs is 1. The van der Waals surface area contributed by atoms with Gasteiger partial charge < -0.3 is 5.32 Å². The Bertz CT molecular complexity index is 210. The van der Waals surface area contributed by atoms with Gasteiger partial charge in [0, 0.05) is 23.6 Å². The maximum atomic E-state index is 3.34. The van der Waals surface area contributed by atoms with Crippen molar-refractivity contribution < 1.29 is 17.1 Å². The van der Waals surface area contributed by atoms with Crippen LogP contribution in [0.25, 0.3) is 0 Å². The van der Waals surface area contributed by atoms with Gasteiger partial charge in [-0.15, -0.1) is 0 Å². The number of hydrogen-bond acceptors (Lipinski definition) is 1. The first-order valence-corrected chi connectivity index (χ1v) is 3.74. The number of benzene rings is 1. The zero-order valence-electron chi connectivity index (χ0n) is 6.23. The Morgan fingerprint density at radius 1 is 1.09 bits per heavy atom. The van der Waals surface area contributed by atoms with Crippen LogP contribution in [0, 0.1) is 0 Å². The van der Waals surface area contributed by atoms with E-state index in [-0.39, 0.29) is 17.1 Å². The first kappa shape index (κ1) is 8.79. The van der Waals surface area contributed by atoms with E-state index in [2.05, 4.69) is 29.6 Å². The van der Waals surface area contributed by atoms with Gasteiger partial charge in [-0.1, -0.05) is 24.3 Å². The van der Waals surface area contributed by atoms with Gasteiger partial charge in [-0.25, -0.2) is 0 Å². The molecule has 1 aromatic rings. The Morgan fingerprint density at radius 3 is 2.55 bits per heavy atom. The number of nitrogens with one attached hydrogen (secondary N) is 1. The average molecular weight is 197 g/mol. The van der Waals surface area contributed by atoms with Gasteiger partial charge in [0.05, 0.1) is 0 Å². The molecular formula is C9H11CuN. The summed E-state index contributed by atoms with van der Waals surface area (Å²) in [4.78, 5) is 0. The van der Waals surface area contributed by atoms with Crippen molar-refractivity contribution in [1.82, 2.24) is 5.32 Å². The van der Waals surface area contributed by atoms with Gasteiger partial charge in [-0.3, -0.25) is 0 Å². The molecule has 1 aliphatic heterocycles. The minimum Gasteiger partial charge on any atom is -0.312 e. The summed E-state index contributed by atoms with van der Waals surface area (Å²) in [7, 11) is 0. The molecule has 2 heteroatoms. The maximum absolute atomic E-state index is 3.34.